The molecular weight excluding hydrogens is 348 g/mol. The van der Waals surface area contributed by atoms with Gasteiger partial charge in [0.15, 0.2) is 5.96 Å². The lowest BCUT2D eigenvalue weighted by atomic mass is 10.0. The van der Waals surface area contributed by atoms with Gasteiger partial charge in [0.05, 0.1) is 12.7 Å². The molecule has 0 aromatic heterocycles. The van der Waals surface area contributed by atoms with Crippen molar-refractivity contribution in [3.05, 3.63) is 35.9 Å². The van der Waals surface area contributed by atoms with E-state index in [1.807, 2.05) is 0 Å². The SMILES string of the molecule is COC(=O)c1cc(O)c2cc(NC(=O)CCCCCN=C(N)N)ccc2c1. The number of ether oxygens (including phenoxy) is 1. The second-order valence-corrected chi connectivity index (χ2v) is 6.09. The third kappa shape index (κ3) is 5.88. The minimum Gasteiger partial charge on any atom is -0.507 e. The number of amides is 1. The second-order valence-electron chi connectivity index (χ2n) is 6.09. The number of rotatable bonds is 8. The maximum absolute atomic E-state index is 12.1. The number of aliphatic imine (C=N–C) groups is 1. The molecule has 27 heavy (non-hydrogen) atoms. The molecule has 0 fully saturated rings. The zero-order valence-corrected chi connectivity index (χ0v) is 15.2. The number of nitrogens with zero attached hydrogens (tertiary/aromatic N) is 1. The number of carbonyl (C=O) groups is 2. The number of hydrogen-bond donors (Lipinski definition) is 4. The van der Waals surface area contributed by atoms with Crippen molar-refractivity contribution in [1.29, 1.82) is 0 Å². The first-order valence-electron chi connectivity index (χ1n) is 8.61. The molecule has 0 radical (unpaired) electrons. The second kappa shape index (κ2) is 9.42. The Morgan fingerprint density at radius 1 is 1.15 bits per heavy atom. The molecular formula is C19H24N4O4. The van der Waals surface area contributed by atoms with Gasteiger partial charge in [0.25, 0.3) is 0 Å². The van der Waals surface area contributed by atoms with E-state index in [0.29, 0.717) is 29.4 Å². The summed E-state index contributed by atoms with van der Waals surface area (Å²) in [4.78, 5) is 27.6. The van der Waals surface area contributed by atoms with E-state index in [9.17, 15) is 14.7 Å². The summed E-state index contributed by atoms with van der Waals surface area (Å²) in [6.07, 6.45) is 2.77. The molecule has 0 bridgehead atoms. The van der Waals surface area contributed by atoms with Crippen LogP contribution in [0, 0.1) is 0 Å². The van der Waals surface area contributed by atoms with Gasteiger partial charge in [-0.1, -0.05) is 12.5 Å². The number of nitrogens with one attached hydrogen (secondary N) is 1. The molecule has 0 saturated heterocycles. The summed E-state index contributed by atoms with van der Waals surface area (Å²) >= 11 is 0. The first-order chi connectivity index (χ1) is 12.9. The Bertz CT molecular complexity index is 860. The number of nitrogens with two attached hydrogens (primary N) is 2. The summed E-state index contributed by atoms with van der Waals surface area (Å²) in [5, 5.41) is 14.2. The summed E-state index contributed by atoms with van der Waals surface area (Å²) in [5.41, 5.74) is 11.3. The van der Waals surface area contributed by atoms with Crippen molar-refractivity contribution in [3.8, 4) is 5.75 Å². The van der Waals surface area contributed by atoms with Crippen LogP contribution in [0.15, 0.2) is 35.3 Å². The summed E-state index contributed by atoms with van der Waals surface area (Å²) < 4.78 is 4.66. The molecule has 2 aromatic carbocycles. The van der Waals surface area contributed by atoms with Crippen molar-refractivity contribution in [1.82, 2.24) is 0 Å². The van der Waals surface area contributed by atoms with Crippen molar-refractivity contribution in [2.24, 2.45) is 16.5 Å². The number of phenolic OH excluding ortho intramolecular Hbond substituents is 1. The predicted octanol–water partition coefficient (Wildman–Crippen LogP) is 2.10. The number of carbonyl (C=O) groups excluding carboxylic acids is 2. The molecule has 0 saturated carbocycles. The van der Waals surface area contributed by atoms with Gasteiger partial charge in [-0.25, -0.2) is 4.79 Å². The molecule has 8 nitrogen and oxygen atoms in total. The number of benzene rings is 2. The van der Waals surface area contributed by atoms with Gasteiger partial charge < -0.3 is 26.6 Å². The molecule has 0 atom stereocenters. The van der Waals surface area contributed by atoms with Gasteiger partial charge in [-0.05, 0) is 42.5 Å². The standard InChI is InChI=1S/C19H24N4O4/c1-27-18(26)13-9-12-6-7-14(11-15(12)16(24)10-13)23-17(25)5-3-2-4-8-22-19(20)21/h6-7,9-11,24H,2-5,8H2,1H3,(H,23,25)(H4,20,21,22). The fourth-order valence-corrected chi connectivity index (χ4v) is 2.66. The fourth-order valence-electron chi connectivity index (χ4n) is 2.66. The smallest absolute Gasteiger partial charge is 0.338 e. The lowest BCUT2D eigenvalue weighted by Crippen LogP contribution is -2.22. The molecule has 0 aliphatic rings. The van der Waals surface area contributed by atoms with Gasteiger partial charge in [-0.2, -0.15) is 0 Å². The van der Waals surface area contributed by atoms with E-state index in [2.05, 4.69) is 15.0 Å². The highest BCUT2D eigenvalue weighted by atomic mass is 16.5. The van der Waals surface area contributed by atoms with Crippen LogP contribution in [-0.4, -0.2) is 36.6 Å². The van der Waals surface area contributed by atoms with E-state index in [1.54, 1.807) is 24.3 Å². The monoisotopic (exact) mass is 372 g/mol. The Morgan fingerprint density at radius 2 is 1.93 bits per heavy atom. The van der Waals surface area contributed by atoms with E-state index in [1.165, 1.54) is 13.2 Å². The average molecular weight is 372 g/mol. The summed E-state index contributed by atoms with van der Waals surface area (Å²) in [5.74, 6) is -0.610. The number of methoxy groups -OCH3 is 1. The summed E-state index contributed by atoms with van der Waals surface area (Å²) in [6.45, 7) is 0.557. The largest absolute Gasteiger partial charge is 0.507 e. The van der Waals surface area contributed by atoms with E-state index >= 15 is 0 Å². The number of fused-ring (bicyclic) bond motifs is 1. The minimum absolute atomic E-state index is 0.0521. The predicted molar refractivity (Wildman–Crippen MR) is 105 cm³/mol. The number of phenols is 1. The van der Waals surface area contributed by atoms with Crippen LogP contribution < -0.4 is 16.8 Å². The zero-order chi connectivity index (χ0) is 19.8. The van der Waals surface area contributed by atoms with Crippen molar-refractivity contribution in [2.75, 3.05) is 19.0 Å². The van der Waals surface area contributed by atoms with E-state index in [-0.39, 0.29) is 23.2 Å². The quantitative estimate of drug-likeness (QED) is 0.242. The van der Waals surface area contributed by atoms with Crippen LogP contribution in [0.3, 0.4) is 0 Å². The maximum atomic E-state index is 12.1. The van der Waals surface area contributed by atoms with E-state index in [0.717, 1.165) is 19.3 Å². The van der Waals surface area contributed by atoms with Gasteiger partial charge in [-0.15, -0.1) is 0 Å². The molecule has 0 aliphatic heterocycles. The third-order valence-corrected chi connectivity index (χ3v) is 3.99. The molecule has 2 rings (SSSR count). The van der Waals surface area contributed by atoms with Gasteiger partial charge in [-0.3, -0.25) is 9.79 Å². The van der Waals surface area contributed by atoms with Crippen molar-refractivity contribution >= 4 is 34.3 Å². The highest BCUT2D eigenvalue weighted by molar-refractivity contribution is 6.00. The van der Waals surface area contributed by atoms with Gasteiger partial charge in [0, 0.05) is 24.0 Å². The normalized spacial score (nSPS) is 10.4. The number of anilines is 1. The molecule has 0 heterocycles. The lowest BCUT2D eigenvalue weighted by Gasteiger charge is -2.09. The molecule has 0 unspecified atom stereocenters. The van der Waals surface area contributed by atoms with Crippen molar-refractivity contribution in [3.63, 3.8) is 0 Å². The van der Waals surface area contributed by atoms with Crippen LogP contribution in [-0.2, 0) is 9.53 Å². The average Bonchev–Trinajstić information content (AvgIpc) is 2.64. The molecule has 2 aromatic rings. The first-order valence-corrected chi connectivity index (χ1v) is 8.61. The Kier molecular flexibility index (Phi) is 6.99. The van der Waals surface area contributed by atoms with Gasteiger partial charge in [0.1, 0.15) is 5.75 Å². The number of hydrogen-bond acceptors (Lipinski definition) is 5. The van der Waals surface area contributed by atoms with E-state index in [4.69, 9.17) is 11.5 Å². The van der Waals surface area contributed by atoms with E-state index < -0.39 is 5.97 Å². The van der Waals surface area contributed by atoms with Crippen molar-refractivity contribution in [2.45, 2.75) is 25.7 Å². The molecule has 0 spiro atoms. The van der Waals surface area contributed by atoms with Crippen LogP contribution in [0.4, 0.5) is 5.69 Å². The molecule has 1 amide bonds. The van der Waals surface area contributed by atoms with Crippen LogP contribution in [0.25, 0.3) is 10.8 Å². The van der Waals surface area contributed by atoms with Crippen LogP contribution in [0.5, 0.6) is 5.75 Å². The highest BCUT2D eigenvalue weighted by Crippen LogP contribution is 2.29. The van der Waals surface area contributed by atoms with Crippen LogP contribution in [0.1, 0.15) is 36.0 Å². The Labute approximate surface area is 157 Å². The zero-order valence-electron chi connectivity index (χ0n) is 15.2. The Balaban J connectivity index is 1.95. The topological polar surface area (TPSA) is 140 Å². The van der Waals surface area contributed by atoms with Crippen molar-refractivity contribution < 1.29 is 19.4 Å². The number of guanidine groups is 1. The minimum atomic E-state index is -0.524. The van der Waals surface area contributed by atoms with Crippen LogP contribution in [0.2, 0.25) is 0 Å². The van der Waals surface area contributed by atoms with Gasteiger partial charge in [0.2, 0.25) is 5.91 Å². The molecule has 6 N–H and O–H groups in total. The fraction of sp³-hybridized carbons (Fsp3) is 0.316. The number of aromatic hydroxyl groups is 1. The summed E-state index contributed by atoms with van der Waals surface area (Å²) in [6, 6.07) is 8.09. The molecule has 0 aliphatic carbocycles. The summed E-state index contributed by atoms with van der Waals surface area (Å²) in [7, 11) is 1.28. The number of unbranched alkanes of at least 4 members (excludes halogenated alkanes) is 2. The Morgan fingerprint density at radius 3 is 2.63 bits per heavy atom. The highest BCUT2D eigenvalue weighted by Gasteiger charge is 2.11. The molecule has 8 heteroatoms. The third-order valence-electron chi connectivity index (χ3n) is 3.99. The van der Waals surface area contributed by atoms with Crippen LogP contribution >= 0.6 is 0 Å². The van der Waals surface area contributed by atoms with Gasteiger partial charge >= 0.3 is 5.97 Å². The first kappa shape index (κ1) is 20.0. The Hall–Kier alpha value is -3.29. The lowest BCUT2D eigenvalue weighted by molar-refractivity contribution is -0.116. The molecule has 144 valence electrons. The maximum Gasteiger partial charge on any atom is 0.338 e. The number of esters is 1.